The molecule has 0 bridgehead atoms. The summed E-state index contributed by atoms with van der Waals surface area (Å²) in [6.07, 6.45) is 14.3. The number of aryl methyl sites for hydroxylation is 1. The van der Waals surface area contributed by atoms with Gasteiger partial charge in [0.2, 0.25) is 23.5 Å². The third kappa shape index (κ3) is 8.74. The molecule has 0 aromatic carbocycles. The zero-order valence-electron chi connectivity index (χ0n) is 30.5. The van der Waals surface area contributed by atoms with Crippen LogP contribution in [0.4, 0.5) is 0 Å². The van der Waals surface area contributed by atoms with Gasteiger partial charge in [-0.15, -0.1) is 0 Å². The number of likely N-dealkylation sites (tertiary alicyclic amines) is 1. The number of carbonyl (C=O) groups is 6. The highest BCUT2D eigenvalue weighted by molar-refractivity contribution is 6.38. The topological polar surface area (TPSA) is 172 Å². The molecule has 276 valence electrons. The fourth-order valence-electron chi connectivity index (χ4n) is 8.16. The lowest BCUT2D eigenvalue weighted by Crippen LogP contribution is -2.63. The van der Waals surface area contributed by atoms with E-state index >= 15 is 0 Å². The molecule has 4 fully saturated rings. The van der Waals surface area contributed by atoms with Crippen LogP contribution in [0.3, 0.4) is 0 Å². The van der Waals surface area contributed by atoms with Crippen LogP contribution in [0.5, 0.6) is 0 Å². The Bertz CT molecular complexity index is 1430. The molecule has 4 N–H and O–H groups in total. The largest absolute Gasteiger partial charge is 0.347 e. The van der Waals surface area contributed by atoms with Crippen LogP contribution in [-0.4, -0.2) is 86.0 Å². The minimum Gasteiger partial charge on any atom is -0.347 e. The number of rotatable bonds is 13. The number of Topliss-reactive ketones (excluding diaryl/α,β-unsaturated/α-hetero) is 1. The predicted octanol–water partition coefficient (Wildman–Crippen LogP) is 2.92. The van der Waals surface area contributed by atoms with Gasteiger partial charge in [-0.05, 0) is 68.6 Å². The van der Waals surface area contributed by atoms with Gasteiger partial charge in [0.05, 0.1) is 6.04 Å². The van der Waals surface area contributed by atoms with Crippen molar-refractivity contribution in [2.24, 2.45) is 24.3 Å². The number of fused-ring (bicyclic) bond motifs is 1. The van der Waals surface area contributed by atoms with Gasteiger partial charge in [0.25, 0.3) is 11.8 Å². The van der Waals surface area contributed by atoms with Crippen molar-refractivity contribution in [3.8, 4) is 0 Å². The first kappa shape index (κ1) is 37.5. The van der Waals surface area contributed by atoms with Gasteiger partial charge in [-0.2, -0.15) is 0 Å². The highest BCUT2D eigenvalue weighted by atomic mass is 16.2. The highest BCUT2D eigenvalue weighted by Gasteiger charge is 2.51. The van der Waals surface area contributed by atoms with Gasteiger partial charge < -0.3 is 30.7 Å². The Morgan fingerprint density at radius 3 is 2.20 bits per heavy atom. The molecule has 3 aliphatic carbocycles. The molecule has 5 rings (SSSR count). The number of amides is 5. The maximum Gasteiger partial charge on any atom is 0.289 e. The van der Waals surface area contributed by atoms with Crippen LogP contribution in [0.25, 0.3) is 0 Å². The van der Waals surface area contributed by atoms with Gasteiger partial charge >= 0.3 is 0 Å². The predicted molar refractivity (Wildman–Crippen MR) is 186 cm³/mol. The molecular formula is C37H57N7O6. The Kier molecular flexibility index (Phi) is 12.0. The van der Waals surface area contributed by atoms with Gasteiger partial charge in [0.15, 0.2) is 5.82 Å². The number of carbonyl (C=O) groups excluding carboxylic acids is 6. The van der Waals surface area contributed by atoms with E-state index in [0.717, 1.165) is 70.6 Å². The second-order valence-electron chi connectivity index (χ2n) is 16.1. The van der Waals surface area contributed by atoms with E-state index in [2.05, 4.69) is 26.3 Å². The monoisotopic (exact) mass is 695 g/mol. The van der Waals surface area contributed by atoms with E-state index in [1.165, 1.54) is 6.20 Å². The molecule has 2 heterocycles. The molecule has 13 nitrogen and oxygen atoms in total. The summed E-state index contributed by atoms with van der Waals surface area (Å²) in [5.41, 5.74) is -0.733. The molecule has 0 spiro atoms. The van der Waals surface area contributed by atoms with Crippen molar-refractivity contribution in [2.45, 2.75) is 154 Å². The lowest BCUT2D eigenvalue weighted by Gasteiger charge is -2.40. The quantitative estimate of drug-likeness (QED) is 0.230. The first-order chi connectivity index (χ1) is 23.8. The molecule has 3 saturated carbocycles. The number of ketones is 1. The fourth-order valence-corrected chi connectivity index (χ4v) is 8.16. The van der Waals surface area contributed by atoms with Crippen molar-refractivity contribution in [1.82, 2.24) is 35.7 Å². The van der Waals surface area contributed by atoms with E-state index in [4.69, 9.17) is 0 Å². The van der Waals surface area contributed by atoms with Crippen LogP contribution in [-0.2, 0) is 31.0 Å². The lowest BCUT2D eigenvalue weighted by molar-refractivity contribution is -0.147. The minimum atomic E-state index is -0.987. The summed E-state index contributed by atoms with van der Waals surface area (Å²) in [5, 5.41) is 11.6. The average molecular weight is 696 g/mol. The summed E-state index contributed by atoms with van der Waals surface area (Å²) in [6.45, 7) is 7.54. The van der Waals surface area contributed by atoms with E-state index in [0.29, 0.717) is 19.3 Å². The molecule has 13 heteroatoms. The molecule has 0 radical (unpaired) electrons. The summed E-state index contributed by atoms with van der Waals surface area (Å²) in [5.74, 6) is -2.80. The Labute approximate surface area is 295 Å². The van der Waals surface area contributed by atoms with E-state index < -0.39 is 59.0 Å². The van der Waals surface area contributed by atoms with Crippen LogP contribution < -0.4 is 21.3 Å². The first-order valence-electron chi connectivity index (χ1n) is 18.9. The molecule has 4 aliphatic rings. The SMILES string of the molecule is CCC[C@H](NC(=O)[C@@H]1C[C@@H]2CCCC[C@@H]2N1C(=O)[C@@H](NC(=O)[C@@H](NC(=O)c1nccn1C)C1CCCCC1)C(C)(C)C)C(=O)C(=O)NC1CC1. The fraction of sp³-hybridized carbons (Fsp3) is 0.757. The number of hydrogen-bond donors (Lipinski definition) is 4. The molecule has 1 aliphatic heterocycles. The van der Waals surface area contributed by atoms with E-state index in [-0.39, 0.29) is 35.7 Å². The Morgan fingerprint density at radius 2 is 1.58 bits per heavy atom. The molecule has 5 amide bonds. The molecule has 1 aromatic rings. The summed E-state index contributed by atoms with van der Waals surface area (Å²) in [6, 6.07) is -3.83. The van der Waals surface area contributed by atoms with Crippen molar-refractivity contribution in [3.63, 3.8) is 0 Å². The lowest BCUT2D eigenvalue weighted by atomic mass is 9.81. The normalized spacial score (nSPS) is 24.3. The second kappa shape index (κ2) is 16.1. The maximum absolute atomic E-state index is 14.8. The van der Waals surface area contributed by atoms with Gasteiger partial charge in [-0.1, -0.05) is 66.2 Å². The van der Waals surface area contributed by atoms with Gasteiger partial charge in [-0.25, -0.2) is 4.98 Å². The van der Waals surface area contributed by atoms with E-state index in [9.17, 15) is 28.8 Å². The van der Waals surface area contributed by atoms with Crippen LogP contribution in [0.15, 0.2) is 12.4 Å². The van der Waals surface area contributed by atoms with Crippen LogP contribution in [0.2, 0.25) is 0 Å². The molecule has 50 heavy (non-hydrogen) atoms. The van der Waals surface area contributed by atoms with Crippen molar-refractivity contribution in [3.05, 3.63) is 18.2 Å². The Hall–Kier alpha value is -3.77. The van der Waals surface area contributed by atoms with Gasteiger partial charge in [0.1, 0.15) is 18.1 Å². The molecule has 1 saturated heterocycles. The Morgan fingerprint density at radius 1 is 0.900 bits per heavy atom. The van der Waals surface area contributed by atoms with Crippen molar-refractivity contribution in [1.29, 1.82) is 0 Å². The summed E-state index contributed by atoms with van der Waals surface area (Å²) in [7, 11) is 1.72. The molecule has 0 unspecified atom stereocenters. The number of hydrogen-bond acceptors (Lipinski definition) is 7. The van der Waals surface area contributed by atoms with Crippen molar-refractivity contribution < 1.29 is 28.8 Å². The maximum atomic E-state index is 14.8. The zero-order valence-corrected chi connectivity index (χ0v) is 30.5. The number of nitrogens with one attached hydrogen (secondary N) is 4. The highest BCUT2D eigenvalue weighted by Crippen LogP contribution is 2.41. The molecule has 1 aromatic heterocycles. The average Bonchev–Trinajstić information content (AvgIpc) is 3.65. The number of nitrogens with zero attached hydrogens (tertiary/aromatic N) is 3. The van der Waals surface area contributed by atoms with Crippen LogP contribution in [0.1, 0.15) is 128 Å². The third-order valence-corrected chi connectivity index (χ3v) is 11.1. The van der Waals surface area contributed by atoms with Crippen LogP contribution in [0, 0.1) is 17.3 Å². The van der Waals surface area contributed by atoms with Gasteiger partial charge in [-0.3, -0.25) is 28.8 Å². The standard InChI is InChI=1S/C37H57N7O6/c1-6-12-25(29(45)34(48)39-24-17-18-24)40-32(46)27-21-23-15-10-11-16-26(23)44(27)36(50)30(37(2,3)4)42-33(47)28(22-13-8-7-9-14-22)41-35(49)31-38-19-20-43(31)5/h19-20,22-28,30H,6-18,21H2,1-5H3,(H,39,48)(H,40,46)(H,41,49)(H,42,47)/t23-,25-,26-,27-,28-,30+/m0/s1. The zero-order chi connectivity index (χ0) is 36.2. The number of aromatic nitrogens is 2. The minimum absolute atomic E-state index is 0.0147. The van der Waals surface area contributed by atoms with E-state index in [1.54, 1.807) is 22.7 Å². The number of imidazole rings is 1. The second-order valence-corrected chi connectivity index (χ2v) is 16.1. The molecule has 6 atom stereocenters. The Balaban J connectivity index is 1.38. The first-order valence-corrected chi connectivity index (χ1v) is 18.9. The van der Waals surface area contributed by atoms with E-state index in [1.807, 2.05) is 27.7 Å². The van der Waals surface area contributed by atoms with Crippen molar-refractivity contribution in [2.75, 3.05) is 0 Å². The smallest absolute Gasteiger partial charge is 0.289 e. The van der Waals surface area contributed by atoms with Crippen LogP contribution >= 0.6 is 0 Å². The third-order valence-electron chi connectivity index (χ3n) is 11.1. The summed E-state index contributed by atoms with van der Waals surface area (Å²) in [4.78, 5) is 88.2. The van der Waals surface area contributed by atoms with Gasteiger partial charge in [0, 0.05) is 31.5 Å². The summed E-state index contributed by atoms with van der Waals surface area (Å²) >= 11 is 0. The summed E-state index contributed by atoms with van der Waals surface area (Å²) < 4.78 is 1.60. The van der Waals surface area contributed by atoms with Crippen molar-refractivity contribution >= 4 is 35.3 Å². The molecular weight excluding hydrogens is 638 g/mol.